The minimum absolute atomic E-state index is 0.0502. The number of aromatic nitrogens is 2. The number of amides is 1. The number of pyridine rings is 2. The van der Waals surface area contributed by atoms with Crippen LogP contribution in [-0.2, 0) is 10.2 Å². The van der Waals surface area contributed by atoms with E-state index in [4.69, 9.17) is 11.1 Å². The van der Waals surface area contributed by atoms with Gasteiger partial charge in [0.05, 0.1) is 5.71 Å². The van der Waals surface area contributed by atoms with Crippen LogP contribution in [0, 0.1) is 18.2 Å². The first-order chi connectivity index (χ1) is 15.9. The van der Waals surface area contributed by atoms with Gasteiger partial charge in [-0.15, -0.1) is 0 Å². The van der Waals surface area contributed by atoms with Crippen molar-refractivity contribution in [1.29, 1.82) is 5.41 Å². The van der Waals surface area contributed by atoms with Gasteiger partial charge in [-0.1, -0.05) is 18.6 Å². The van der Waals surface area contributed by atoms with Gasteiger partial charge in [-0.05, 0) is 49.6 Å². The number of halogens is 1. The largest absolute Gasteiger partial charge is 0.398 e. The molecule has 2 heterocycles. The van der Waals surface area contributed by atoms with Crippen LogP contribution in [0.1, 0.15) is 41.6 Å². The van der Waals surface area contributed by atoms with Crippen LogP contribution >= 0.6 is 0 Å². The predicted octanol–water partition coefficient (Wildman–Crippen LogP) is 3.82. The Morgan fingerprint density at radius 2 is 1.94 bits per heavy atom. The number of anilines is 2. The van der Waals surface area contributed by atoms with Gasteiger partial charge in [-0.3, -0.25) is 15.2 Å². The minimum atomic E-state index is -0.212. The molecule has 0 radical (unpaired) electrons. The molecule has 0 aliphatic heterocycles. The molecule has 172 valence electrons. The number of nitrogens with zero attached hydrogens (tertiary/aromatic N) is 2. The van der Waals surface area contributed by atoms with Crippen molar-refractivity contribution in [2.45, 2.75) is 31.6 Å². The molecule has 0 unspecified atom stereocenters. The first-order valence-corrected chi connectivity index (χ1v) is 10.8. The number of hydrogen-bond acceptors (Lipinski definition) is 6. The molecule has 8 heteroatoms. The lowest BCUT2D eigenvalue weighted by Gasteiger charge is -2.42. The van der Waals surface area contributed by atoms with Gasteiger partial charge in [0.1, 0.15) is 11.6 Å². The summed E-state index contributed by atoms with van der Waals surface area (Å²) >= 11 is 0. The van der Waals surface area contributed by atoms with E-state index in [1.807, 2.05) is 25.1 Å². The molecule has 3 aromatic rings. The lowest BCUT2D eigenvalue weighted by molar-refractivity contribution is -0.109. The van der Waals surface area contributed by atoms with Crippen LogP contribution in [0.2, 0.25) is 0 Å². The van der Waals surface area contributed by atoms with Gasteiger partial charge in [-0.25, -0.2) is 9.37 Å². The van der Waals surface area contributed by atoms with Crippen molar-refractivity contribution in [2.75, 3.05) is 24.6 Å². The van der Waals surface area contributed by atoms with E-state index in [2.05, 4.69) is 20.6 Å². The molecule has 1 saturated carbocycles. The monoisotopic (exact) mass is 448 g/mol. The van der Waals surface area contributed by atoms with Crippen LogP contribution in [0.3, 0.4) is 0 Å². The fourth-order valence-electron chi connectivity index (χ4n) is 3.88. The second kappa shape index (κ2) is 10.7. The number of nitrogen functional groups attached to an aromatic ring is 1. The zero-order valence-electron chi connectivity index (χ0n) is 18.9. The lowest BCUT2D eigenvalue weighted by atomic mass is 9.64. The molecule has 5 N–H and O–H groups in total. The van der Waals surface area contributed by atoms with Gasteiger partial charge in [0.2, 0.25) is 6.41 Å². The highest BCUT2D eigenvalue weighted by atomic mass is 19.1. The maximum Gasteiger partial charge on any atom is 0.207 e. The number of nitrogens with two attached hydrogens (primary N) is 1. The number of carbonyl (C=O) groups is 1. The van der Waals surface area contributed by atoms with Crippen molar-refractivity contribution in [2.24, 2.45) is 0 Å². The minimum Gasteiger partial charge on any atom is -0.398 e. The molecule has 0 saturated heterocycles. The van der Waals surface area contributed by atoms with E-state index in [0.717, 1.165) is 36.1 Å². The van der Waals surface area contributed by atoms with Crippen molar-refractivity contribution < 1.29 is 9.18 Å². The fraction of sp³-hybridized carbons (Fsp3) is 0.280. The van der Waals surface area contributed by atoms with Gasteiger partial charge < -0.3 is 16.4 Å². The Bertz CT molecular complexity index is 1110. The Morgan fingerprint density at radius 1 is 1.21 bits per heavy atom. The molecule has 1 aromatic carbocycles. The fourth-order valence-corrected chi connectivity index (χ4v) is 3.88. The highest BCUT2D eigenvalue weighted by molar-refractivity contribution is 6.13. The van der Waals surface area contributed by atoms with E-state index in [-0.39, 0.29) is 11.2 Å². The first kappa shape index (κ1) is 23.8. The third kappa shape index (κ3) is 5.71. The Morgan fingerprint density at radius 3 is 2.48 bits per heavy atom. The standard InChI is InChI=1S/C13H15N5.C12H14FNO/c1-8-5-9(3-4-17-8)13(15)10-7-18-12(16-2)6-11(10)14;13-11-4-2-10(3-5-11)12(6-1-7-12)8-14-9-15/h3-7,15H,1-2H3,(H3,14,16,18);2-5,9H,1,6-8H2,(H,14,15). The van der Waals surface area contributed by atoms with Crippen molar-refractivity contribution in [3.05, 3.63) is 83.1 Å². The van der Waals surface area contributed by atoms with E-state index >= 15 is 0 Å². The molecule has 1 aliphatic rings. The maximum atomic E-state index is 12.8. The van der Waals surface area contributed by atoms with E-state index < -0.39 is 0 Å². The molecule has 0 atom stereocenters. The number of nitrogens with one attached hydrogen (secondary N) is 3. The van der Waals surface area contributed by atoms with Gasteiger partial charge >= 0.3 is 0 Å². The number of rotatable bonds is 7. The van der Waals surface area contributed by atoms with Gasteiger partial charge in [-0.2, -0.15) is 0 Å². The Kier molecular flexibility index (Phi) is 7.71. The Labute approximate surface area is 193 Å². The summed E-state index contributed by atoms with van der Waals surface area (Å²) in [5.74, 6) is 0.478. The van der Waals surface area contributed by atoms with Crippen LogP contribution in [0.4, 0.5) is 15.9 Å². The lowest BCUT2D eigenvalue weighted by Crippen LogP contribution is -2.43. The van der Waals surface area contributed by atoms with Crippen LogP contribution < -0.4 is 16.4 Å². The van der Waals surface area contributed by atoms with Crippen LogP contribution in [0.15, 0.2) is 54.9 Å². The third-order valence-electron chi connectivity index (χ3n) is 5.94. The van der Waals surface area contributed by atoms with Crippen LogP contribution in [-0.4, -0.2) is 35.7 Å². The highest BCUT2D eigenvalue weighted by Gasteiger charge is 2.38. The van der Waals surface area contributed by atoms with E-state index in [1.54, 1.807) is 31.6 Å². The Balaban J connectivity index is 0.000000189. The van der Waals surface area contributed by atoms with Crippen LogP contribution in [0.5, 0.6) is 0 Å². The second-order valence-electron chi connectivity index (χ2n) is 8.11. The zero-order valence-corrected chi connectivity index (χ0v) is 18.9. The second-order valence-corrected chi connectivity index (χ2v) is 8.11. The molecule has 1 amide bonds. The molecule has 33 heavy (non-hydrogen) atoms. The van der Waals surface area contributed by atoms with E-state index in [9.17, 15) is 9.18 Å². The summed E-state index contributed by atoms with van der Waals surface area (Å²) < 4.78 is 12.8. The third-order valence-corrected chi connectivity index (χ3v) is 5.94. The van der Waals surface area contributed by atoms with Crippen LogP contribution in [0.25, 0.3) is 0 Å². The van der Waals surface area contributed by atoms with Crippen molar-refractivity contribution in [1.82, 2.24) is 15.3 Å². The normalized spacial score (nSPS) is 13.7. The van der Waals surface area contributed by atoms with Gasteiger partial charge in [0.25, 0.3) is 0 Å². The summed E-state index contributed by atoms with van der Waals surface area (Å²) in [6.07, 6.45) is 7.34. The van der Waals surface area contributed by atoms with E-state index in [1.165, 1.54) is 18.6 Å². The summed E-state index contributed by atoms with van der Waals surface area (Å²) in [5, 5.41) is 13.8. The molecule has 1 fully saturated rings. The summed E-state index contributed by atoms with van der Waals surface area (Å²) in [7, 11) is 1.78. The van der Waals surface area contributed by atoms with E-state index in [0.29, 0.717) is 29.3 Å². The molecule has 1 aliphatic carbocycles. The quantitative estimate of drug-likeness (QED) is 0.324. The average molecular weight is 449 g/mol. The molecule has 2 aromatic heterocycles. The summed E-state index contributed by atoms with van der Waals surface area (Å²) in [6, 6.07) is 12.0. The number of benzene rings is 1. The van der Waals surface area contributed by atoms with Gasteiger partial charge in [0, 0.05) is 60.0 Å². The number of carbonyl (C=O) groups excluding carboxylic acids is 1. The maximum absolute atomic E-state index is 12.8. The molecule has 0 bridgehead atoms. The zero-order chi connectivity index (χ0) is 23.8. The highest BCUT2D eigenvalue weighted by Crippen LogP contribution is 2.43. The average Bonchev–Trinajstić information content (AvgIpc) is 2.79. The number of aryl methyl sites for hydroxylation is 1. The molecule has 4 rings (SSSR count). The topological polar surface area (TPSA) is 117 Å². The SMILES string of the molecule is CNc1cc(N)c(C(=N)c2ccnc(C)c2)cn1.O=CNCC1(c2ccc(F)cc2)CCC1. The number of hydrogen-bond donors (Lipinski definition) is 4. The predicted molar refractivity (Wildman–Crippen MR) is 129 cm³/mol. The summed E-state index contributed by atoms with van der Waals surface area (Å²) in [6.45, 7) is 2.55. The Hall–Kier alpha value is -3.81. The summed E-state index contributed by atoms with van der Waals surface area (Å²) in [4.78, 5) is 18.6. The van der Waals surface area contributed by atoms with Crippen molar-refractivity contribution >= 4 is 23.6 Å². The molecular formula is C25H29FN6O. The molecule has 0 spiro atoms. The van der Waals surface area contributed by atoms with Crippen molar-refractivity contribution in [3.8, 4) is 0 Å². The van der Waals surface area contributed by atoms with Gasteiger partial charge in [0.15, 0.2) is 0 Å². The van der Waals surface area contributed by atoms with Crippen molar-refractivity contribution in [3.63, 3.8) is 0 Å². The molecule has 7 nitrogen and oxygen atoms in total. The molecular weight excluding hydrogens is 419 g/mol. The smallest absolute Gasteiger partial charge is 0.207 e. The first-order valence-electron chi connectivity index (χ1n) is 10.8. The summed E-state index contributed by atoms with van der Waals surface area (Å²) in [5.41, 5.74) is 10.3.